The van der Waals surface area contributed by atoms with Gasteiger partial charge in [0.15, 0.2) is 0 Å². The number of rotatable bonds is 5. The average Bonchev–Trinajstić information content (AvgIpc) is 3.07. The van der Waals surface area contributed by atoms with Crippen molar-refractivity contribution in [2.45, 2.75) is 52.2 Å². The summed E-state index contributed by atoms with van der Waals surface area (Å²) >= 11 is 0. The van der Waals surface area contributed by atoms with Gasteiger partial charge in [-0.05, 0) is 68.0 Å². The Hall–Kier alpha value is -2.04. The van der Waals surface area contributed by atoms with Crippen molar-refractivity contribution in [1.29, 1.82) is 0 Å². The van der Waals surface area contributed by atoms with Crippen LogP contribution < -0.4 is 0 Å². The summed E-state index contributed by atoms with van der Waals surface area (Å²) in [6.07, 6.45) is 1.98. The highest BCUT2D eigenvalue weighted by molar-refractivity contribution is 5.95. The largest absolute Gasteiger partial charge is 0.508 e. The molecule has 1 heterocycles. The number of phenolic OH excluding ortho intramolecular Hbond substituents is 1. The maximum absolute atomic E-state index is 12.5. The third-order valence-electron chi connectivity index (χ3n) is 5.76. The zero-order chi connectivity index (χ0) is 19.8. The molecular formula is C23H31ClN2O2. The smallest absolute Gasteiger partial charge is 0.253 e. The molecule has 0 unspecified atom stereocenters. The summed E-state index contributed by atoms with van der Waals surface area (Å²) in [5, 5.41) is 9.72. The molecule has 0 aromatic heterocycles. The van der Waals surface area contributed by atoms with E-state index in [2.05, 4.69) is 30.9 Å². The Morgan fingerprint density at radius 3 is 2.54 bits per heavy atom. The summed E-state index contributed by atoms with van der Waals surface area (Å²) in [4.78, 5) is 16.6. The van der Waals surface area contributed by atoms with Crippen molar-refractivity contribution in [3.8, 4) is 5.75 Å². The third-order valence-corrected chi connectivity index (χ3v) is 5.76. The van der Waals surface area contributed by atoms with Crippen molar-refractivity contribution in [2.75, 3.05) is 14.1 Å². The average molecular weight is 403 g/mol. The number of carbonyl (C=O) groups excluding carboxylic acids is 1. The molecule has 3 rings (SSSR count). The zero-order valence-electron chi connectivity index (χ0n) is 17.5. The van der Waals surface area contributed by atoms with Crippen LogP contribution in [0.2, 0.25) is 0 Å². The van der Waals surface area contributed by atoms with Crippen LogP contribution in [0.4, 0.5) is 0 Å². The van der Waals surface area contributed by atoms with Gasteiger partial charge >= 0.3 is 0 Å². The van der Waals surface area contributed by atoms with Crippen LogP contribution in [-0.2, 0) is 19.5 Å². The summed E-state index contributed by atoms with van der Waals surface area (Å²) in [5.74, 6) is 0.428. The first-order chi connectivity index (χ1) is 12.7. The molecule has 1 aliphatic heterocycles. The van der Waals surface area contributed by atoms with Crippen molar-refractivity contribution in [3.63, 3.8) is 0 Å². The van der Waals surface area contributed by atoms with E-state index < -0.39 is 0 Å². The number of carbonyl (C=O) groups is 1. The van der Waals surface area contributed by atoms with Gasteiger partial charge in [0, 0.05) is 38.3 Å². The van der Waals surface area contributed by atoms with Crippen LogP contribution in [0.1, 0.15) is 52.9 Å². The topological polar surface area (TPSA) is 43.8 Å². The standard InChI is InChI=1S/C23H30N2O2.ClH/c1-16-13-17(9-10-21(16)26)11-12-23(2,3)25-14-18-7-6-8-19(20(18)15-25)22(27)24(4)5;/h6-10,13,26H,11-12,14-15H2,1-5H3;1H. The second-order valence-corrected chi connectivity index (χ2v) is 8.43. The van der Waals surface area contributed by atoms with Gasteiger partial charge in [0.2, 0.25) is 0 Å². The molecule has 5 heteroatoms. The number of aromatic hydroxyl groups is 1. The maximum Gasteiger partial charge on any atom is 0.253 e. The third kappa shape index (κ3) is 4.50. The minimum Gasteiger partial charge on any atom is -0.508 e. The molecule has 2 aromatic rings. The fourth-order valence-electron chi connectivity index (χ4n) is 3.77. The molecule has 0 saturated carbocycles. The normalized spacial score (nSPS) is 13.8. The SMILES string of the molecule is Cc1cc(CCC(C)(C)N2Cc3cccc(C(=O)N(C)C)c3C2)ccc1O.Cl. The molecule has 0 atom stereocenters. The van der Waals surface area contributed by atoms with Crippen molar-refractivity contribution in [3.05, 3.63) is 64.2 Å². The number of hydrogen-bond acceptors (Lipinski definition) is 3. The van der Waals surface area contributed by atoms with E-state index in [1.165, 1.54) is 16.7 Å². The first-order valence-corrected chi connectivity index (χ1v) is 9.55. The molecule has 0 bridgehead atoms. The lowest BCUT2D eigenvalue weighted by atomic mass is 9.93. The summed E-state index contributed by atoms with van der Waals surface area (Å²) in [7, 11) is 3.61. The molecule has 0 spiro atoms. The summed E-state index contributed by atoms with van der Waals surface area (Å²) in [6.45, 7) is 8.18. The lowest BCUT2D eigenvalue weighted by Gasteiger charge is -2.35. The van der Waals surface area contributed by atoms with E-state index >= 15 is 0 Å². The van der Waals surface area contributed by atoms with Crippen LogP contribution in [0.5, 0.6) is 5.75 Å². The van der Waals surface area contributed by atoms with Crippen LogP contribution in [0.25, 0.3) is 0 Å². The maximum atomic E-state index is 12.5. The van der Waals surface area contributed by atoms with Gasteiger partial charge in [0.1, 0.15) is 5.75 Å². The molecule has 1 aliphatic rings. The summed E-state index contributed by atoms with van der Waals surface area (Å²) in [6, 6.07) is 11.9. The monoisotopic (exact) mass is 402 g/mol. The van der Waals surface area contributed by atoms with E-state index in [1.807, 2.05) is 25.1 Å². The Labute approximate surface area is 174 Å². The van der Waals surface area contributed by atoms with E-state index in [-0.39, 0.29) is 23.9 Å². The Kier molecular flexibility index (Phi) is 6.79. The van der Waals surface area contributed by atoms with E-state index in [0.29, 0.717) is 5.75 Å². The van der Waals surface area contributed by atoms with E-state index in [4.69, 9.17) is 0 Å². The van der Waals surface area contributed by atoms with Gasteiger partial charge < -0.3 is 10.0 Å². The number of aryl methyl sites for hydroxylation is 2. The quantitative estimate of drug-likeness (QED) is 0.797. The summed E-state index contributed by atoms with van der Waals surface area (Å²) in [5.41, 5.74) is 5.44. The van der Waals surface area contributed by atoms with E-state index in [1.54, 1.807) is 25.1 Å². The van der Waals surface area contributed by atoms with Crippen LogP contribution in [-0.4, -0.2) is 40.4 Å². The fraction of sp³-hybridized carbons (Fsp3) is 0.435. The van der Waals surface area contributed by atoms with Crippen molar-refractivity contribution >= 4 is 18.3 Å². The summed E-state index contributed by atoms with van der Waals surface area (Å²) < 4.78 is 0. The first kappa shape index (κ1) is 22.3. The number of amides is 1. The second-order valence-electron chi connectivity index (χ2n) is 8.43. The molecule has 1 amide bonds. The van der Waals surface area contributed by atoms with Crippen LogP contribution >= 0.6 is 12.4 Å². The number of phenols is 1. The Bertz CT molecular complexity index is 862. The molecule has 4 nitrogen and oxygen atoms in total. The first-order valence-electron chi connectivity index (χ1n) is 9.55. The number of halogens is 1. The predicted molar refractivity (Wildman–Crippen MR) is 116 cm³/mol. The Morgan fingerprint density at radius 2 is 1.89 bits per heavy atom. The molecule has 1 N–H and O–H groups in total. The lowest BCUT2D eigenvalue weighted by molar-refractivity contribution is 0.0822. The van der Waals surface area contributed by atoms with E-state index in [9.17, 15) is 9.90 Å². The minimum absolute atomic E-state index is 0. The van der Waals surface area contributed by atoms with Crippen LogP contribution in [0.3, 0.4) is 0 Å². The molecule has 0 radical (unpaired) electrons. The van der Waals surface area contributed by atoms with Gasteiger partial charge in [-0.15, -0.1) is 12.4 Å². The Morgan fingerprint density at radius 1 is 1.18 bits per heavy atom. The zero-order valence-corrected chi connectivity index (χ0v) is 18.3. The van der Waals surface area contributed by atoms with Gasteiger partial charge in [0.05, 0.1) is 0 Å². The fourth-order valence-corrected chi connectivity index (χ4v) is 3.77. The van der Waals surface area contributed by atoms with Crippen molar-refractivity contribution < 1.29 is 9.90 Å². The van der Waals surface area contributed by atoms with Gasteiger partial charge in [-0.3, -0.25) is 9.69 Å². The highest BCUT2D eigenvalue weighted by Crippen LogP contribution is 2.34. The van der Waals surface area contributed by atoms with Crippen molar-refractivity contribution in [1.82, 2.24) is 9.80 Å². The predicted octanol–water partition coefficient (Wildman–Crippen LogP) is 4.55. The molecule has 28 heavy (non-hydrogen) atoms. The van der Waals surface area contributed by atoms with E-state index in [0.717, 1.165) is 37.1 Å². The highest BCUT2D eigenvalue weighted by Gasteiger charge is 2.33. The number of nitrogens with zero attached hydrogens (tertiary/aromatic N) is 2. The molecule has 0 saturated heterocycles. The molecule has 0 aliphatic carbocycles. The van der Waals surface area contributed by atoms with Gasteiger partial charge in [-0.25, -0.2) is 0 Å². The lowest BCUT2D eigenvalue weighted by Crippen LogP contribution is -2.40. The molecular weight excluding hydrogens is 372 g/mol. The van der Waals surface area contributed by atoms with Gasteiger partial charge in [-0.1, -0.05) is 24.3 Å². The number of hydrogen-bond donors (Lipinski definition) is 1. The molecule has 0 fully saturated rings. The minimum atomic E-state index is 0. The Balaban J connectivity index is 0.00000280. The van der Waals surface area contributed by atoms with Crippen LogP contribution in [0.15, 0.2) is 36.4 Å². The molecule has 2 aromatic carbocycles. The number of fused-ring (bicyclic) bond motifs is 1. The van der Waals surface area contributed by atoms with Crippen molar-refractivity contribution in [2.24, 2.45) is 0 Å². The highest BCUT2D eigenvalue weighted by atomic mass is 35.5. The van der Waals surface area contributed by atoms with Crippen LogP contribution in [0, 0.1) is 6.92 Å². The number of benzene rings is 2. The molecule has 152 valence electrons. The second kappa shape index (κ2) is 8.54. The van der Waals surface area contributed by atoms with Gasteiger partial charge in [-0.2, -0.15) is 0 Å². The van der Waals surface area contributed by atoms with Gasteiger partial charge in [0.25, 0.3) is 5.91 Å².